The Hall–Kier alpha value is -2.85. The molecule has 7 nitrogen and oxygen atoms in total. The van der Waals surface area contributed by atoms with Gasteiger partial charge in [0.05, 0.1) is 17.0 Å². The van der Waals surface area contributed by atoms with Crippen LogP contribution in [0.4, 0.5) is 8.78 Å². The molecule has 1 heterocycles. The summed E-state index contributed by atoms with van der Waals surface area (Å²) in [6.45, 7) is 0.434. The van der Waals surface area contributed by atoms with Gasteiger partial charge in [0.25, 0.3) is 5.91 Å². The minimum Gasteiger partial charge on any atom is -0.350 e. The lowest BCUT2D eigenvalue weighted by atomic mass is 10.2. The molecule has 1 saturated heterocycles. The summed E-state index contributed by atoms with van der Waals surface area (Å²) < 4.78 is 54.0. The number of nitrogens with one attached hydrogen (secondary N) is 2. The van der Waals surface area contributed by atoms with Crippen LogP contribution in [0.1, 0.15) is 35.2 Å². The maximum absolute atomic E-state index is 13.6. The van der Waals surface area contributed by atoms with Crippen molar-refractivity contribution in [3.63, 3.8) is 0 Å². The van der Waals surface area contributed by atoms with E-state index in [0.717, 1.165) is 31.4 Å². The average Bonchev–Trinajstić information content (AvgIpc) is 2.77. The average molecular weight is 451 g/mol. The van der Waals surface area contributed by atoms with Crippen LogP contribution in [0.15, 0.2) is 47.4 Å². The quantitative estimate of drug-likeness (QED) is 0.675. The smallest absolute Gasteiger partial charge is 0.254 e. The lowest BCUT2D eigenvalue weighted by Crippen LogP contribution is -2.38. The van der Waals surface area contributed by atoms with Crippen LogP contribution in [0.3, 0.4) is 0 Å². The summed E-state index contributed by atoms with van der Waals surface area (Å²) in [5.41, 5.74) is 0.0458. The number of nitrogens with zero attached hydrogens (tertiary/aromatic N) is 1. The third-order valence-corrected chi connectivity index (χ3v) is 6.97. The molecule has 0 aliphatic carbocycles. The van der Waals surface area contributed by atoms with Crippen molar-refractivity contribution in [3.05, 3.63) is 65.2 Å². The molecule has 1 fully saturated rings. The van der Waals surface area contributed by atoms with Crippen LogP contribution in [0.25, 0.3) is 0 Å². The van der Waals surface area contributed by atoms with Gasteiger partial charge in [-0.2, -0.15) is 4.31 Å². The number of carbonyl (C=O) groups excluding carboxylic acids is 2. The van der Waals surface area contributed by atoms with E-state index in [2.05, 4.69) is 10.6 Å². The molecule has 0 spiro atoms. The van der Waals surface area contributed by atoms with Crippen molar-refractivity contribution in [1.82, 2.24) is 14.9 Å². The van der Waals surface area contributed by atoms with E-state index in [9.17, 15) is 26.8 Å². The van der Waals surface area contributed by atoms with Gasteiger partial charge in [-0.25, -0.2) is 17.2 Å². The first kappa shape index (κ1) is 22.8. The monoisotopic (exact) mass is 451 g/mol. The fourth-order valence-electron chi connectivity index (χ4n) is 3.33. The number of benzene rings is 2. The van der Waals surface area contributed by atoms with Crippen LogP contribution in [0.2, 0.25) is 0 Å². The Kier molecular flexibility index (Phi) is 7.34. The molecule has 1 aliphatic rings. The van der Waals surface area contributed by atoms with Gasteiger partial charge in [0.1, 0.15) is 11.6 Å². The molecule has 0 bridgehead atoms. The number of halogens is 2. The topological polar surface area (TPSA) is 95.6 Å². The first-order chi connectivity index (χ1) is 14.8. The molecule has 0 unspecified atom stereocenters. The maximum atomic E-state index is 13.6. The maximum Gasteiger partial charge on any atom is 0.254 e. The summed E-state index contributed by atoms with van der Waals surface area (Å²) in [5, 5.41) is 4.81. The highest BCUT2D eigenvalue weighted by atomic mass is 32.2. The Morgan fingerprint density at radius 2 is 1.68 bits per heavy atom. The number of rotatable bonds is 7. The van der Waals surface area contributed by atoms with Crippen molar-refractivity contribution in [2.45, 2.75) is 30.7 Å². The second-order valence-electron chi connectivity index (χ2n) is 7.16. The summed E-state index contributed by atoms with van der Waals surface area (Å²) >= 11 is 0. The molecule has 0 radical (unpaired) electrons. The molecule has 166 valence electrons. The highest BCUT2D eigenvalue weighted by molar-refractivity contribution is 7.89. The summed E-state index contributed by atoms with van der Waals surface area (Å²) in [6, 6.07) is 8.93. The van der Waals surface area contributed by atoms with E-state index in [1.165, 1.54) is 10.4 Å². The second kappa shape index (κ2) is 9.97. The Morgan fingerprint density at radius 3 is 2.39 bits per heavy atom. The predicted molar refractivity (Wildman–Crippen MR) is 110 cm³/mol. The first-order valence-corrected chi connectivity index (χ1v) is 11.3. The molecule has 10 heteroatoms. The Labute approximate surface area is 179 Å². The molecule has 31 heavy (non-hydrogen) atoms. The van der Waals surface area contributed by atoms with Gasteiger partial charge in [-0.1, -0.05) is 24.6 Å². The van der Waals surface area contributed by atoms with Crippen LogP contribution >= 0.6 is 0 Å². The molecule has 2 aromatic rings. The summed E-state index contributed by atoms with van der Waals surface area (Å²) in [5.74, 6) is -3.29. The third kappa shape index (κ3) is 5.65. The van der Waals surface area contributed by atoms with E-state index in [1.807, 2.05) is 0 Å². The van der Waals surface area contributed by atoms with Crippen LogP contribution in [0, 0.1) is 11.6 Å². The Morgan fingerprint density at radius 1 is 0.968 bits per heavy atom. The van der Waals surface area contributed by atoms with Gasteiger partial charge in [-0.15, -0.1) is 0 Å². The van der Waals surface area contributed by atoms with E-state index in [4.69, 9.17) is 0 Å². The fraction of sp³-hybridized carbons (Fsp3) is 0.333. The van der Waals surface area contributed by atoms with Crippen LogP contribution < -0.4 is 10.6 Å². The summed E-state index contributed by atoms with van der Waals surface area (Å²) in [4.78, 5) is 24.2. The molecular formula is C21H23F2N3O4S. The molecular weight excluding hydrogens is 428 g/mol. The molecule has 2 aromatic carbocycles. The number of piperidine rings is 1. The zero-order valence-corrected chi connectivity index (χ0v) is 17.6. The van der Waals surface area contributed by atoms with Gasteiger partial charge in [-0.3, -0.25) is 9.59 Å². The largest absolute Gasteiger partial charge is 0.350 e. The Bertz CT molecular complexity index is 1070. The van der Waals surface area contributed by atoms with Gasteiger partial charge < -0.3 is 10.6 Å². The van der Waals surface area contributed by atoms with Gasteiger partial charge >= 0.3 is 0 Å². The van der Waals surface area contributed by atoms with Crippen molar-refractivity contribution >= 4 is 21.8 Å². The van der Waals surface area contributed by atoms with E-state index in [1.54, 1.807) is 18.2 Å². The van der Waals surface area contributed by atoms with E-state index in [0.29, 0.717) is 24.7 Å². The first-order valence-electron chi connectivity index (χ1n) is 9.87. The van der Waals surface area contributed by atoms with E-state index in [-0.39, 0.29) is 17.0 Å². The van der Waals surface area contributed by atoms with Crippen molar-refractivity contribution in [1.29, 1.82) is 0 Å². The lowest BCUT2D eigenvalue weighted by molar-refractivity contribution is -0.120. The normalized spacial score (nSPS) is 14.8. The van der Waals surface area contributed by atoms with Crippen molar-refractivity contribution < 1.29 is 26.8 Å². The number of amides is 2. The van der Waals surface area contributed by atoms with Crippen molar-refractivity contribution in [2.24, 2.45) is 0 Å². The fourth-order valence-corrected chi connectivity index (χ4v) is 5.07. The molecule has 2 N–H and O–H groups in total. The van der Waals surface area contributed by atoms with Crippen LogP contribution in [0.5, 0.6) is 0 Å². The summed E-state index contributed by atoms with van der Waals surface area (Å²) in [7, 11) is -3.67. The van der Waals surface area contributed by atoms with Crippen molar-refractivity contribution in [2.75, 3.05) is 19.6 Å². The zero-order valence-electron chi connectivity index (χ0n) is 16.7. The molecule has 1 aliphatic heterocycles. The molecule has 0 atom stereocenters. The minimum absolute atomic E-state index is 0.0527. The van der Waals surface area contributed by atoms with Gasteiger partial charge in [0, 0.05) is 25.7 Å². The SMILES string of the molecule is O=C(CNC(=O)c1ccc(F)cc1F)NCc1ccccc1S(=O)(=O)N1CCCCC1. The number of carbonyl (C=O) groups is 2. The Balaban J connectivity index is 1.60. The third-order valence-electron chi connectivity index (χ3n) is 4.97. The highest BCUT2D eigenvalue weighted by Crippen LogP contribution is 2.23. The minimum atomic E-state index is -3.67. The molecule has 2 amide bonds. The van der Waals surface area contributed by atoms with Crippen LogP contribution in [-0.2, 0) is 21.4 Å². The number of hydrogen-bond acceptors (Lipinski definition) is 4. The second-order valence-corrected chi connectivity index (χ2v) is 9.06. The molecule has 0 aromatic heterocycles. The van der Waals surface area contributed by atoms with Crippen molar-refractivity contribution in [3.8, 4) is 0 Å². The van der Waals surface area contributed by atoms with E-state index < -0.39 is 40.0 Å². The van der Waals surface area contributed by atoms with Crippen LogP contribution in [-0.4, -0.2) is 44.2 Å². The van der Waals surface area contributed by atoms with Gasteiger partial charge in [0.15, 0.2) is 0 Å². The zero-order chi connectivity index (χ0) is 22.4. The van der Waals surface area contributed by atoms with Gasteiger partial charge in [0.2, 0.25) is 15.9 Å². The molecule has 3 rings (SSSR count). The number of sulfonamides is 1. The standard InChI is InChI=1S/C21H23F2N3O4S/c22-16-8-9-17(18(23)12-16)21(28)25-14-20(27)24-13-15-6-2-3-7-19(15)31(29,30)26-10-4-1-5-11-26/h2-3,6-9,12H,1,4-5,10-11,13-14H2,(H,24,27)(H,25,28). The van der Waals surface area contributed by atoms with E-state index >= 15 is 0 Å². The summed E-state index contributed by atoms with van der Waals surface area (Å²) in [6.07, 6.45) is 2.62. The number of hydrogen-bond donors (Lipinski definition) is 2. The lowest BCUT2D eigenvalue weighted by Gasteiger charge is -2.26. The molecule has 0 saturated carbocycles. The predicted octanol–water partition coefficient (Wildman–Crippen LogP) is 2.19. The van der Waals surface area contributed by atoms with Gasteiger partial charge in [-0.05, 0) is 36.6 Å². The highest BCUT2D eigenvalue weighted by Gasteiger charge is 2.27.